The maximum Gasteiger partial charge on any atom is 0.177 e. The molecule has 0 spiro atoms. The summed E-state index contributed by atoms with van der Waals surface area (Å²) in [7, 11) is -3.54. The summed E-state index contributed by atoms with van der Waals surface area (Å²) in [5.74, 6) is -2.12. The largest absolute Gasteiger partial charge is 0.378 e. The molecule has 3 rings (SSSR count). The standard InChI is InChI=1S/C19H19F2NO4S/c1-11(23)12-4-6-18(27(2,24)25)17(10-12)22-16-7-8-26-19(16)13-3-5-14(20)15(21)9-13/h3-6,9-10,16,19,22H,7-8H2,1-2H3. The minimum absolute atomic E-state index is 0.0587. The van der Waals surface area contributed by atoms with Crippen molar-refractivity contribution in [2.24, 2.45) is 0 Å². The molecule has 8 heteroatoms. The van der Waals surface area contributed by atoms with Gasteiger partial charge in [-0.15, -0.1) is 0 Å². The average molecular weight is 395 g/mol. The Labute approximate surface area is 156 Å². The molecule has 0 radical (unpaired) electrons. The van der Waals surface area contributed by atoms with Crippen molar-refractivity contribution >= 4 is 21.3 Å². The van der Waals surface area contributed by atoms with Crippen molar-refractivity contribution in [3.8, 4) is 0 Å². The second-order valence-electron chi connectivity index (χ2n) is 6.54. The highest BCUT2D eigenvalue weighted by atomic mass is 32.2. The minimum atomic E-state index is -3.54. The fraction of sp³-hybridized carbons (Fsp3) is 0.316. The predicted octanol–water partition coefficient (Wildman–Crippen LogP) is 3.51. The number of sulfone groups is 1. The summed E-state index contributed by atoms with van der Waals surface area (Å²) < 4.78 is 56.6. The Kier molecular flexibility index (Phi) is 5.30. The first-order valence-corrected chi connectivity index (χ1v) is 10.2. The van der Waals surface area contributed by atoms with E-state index in [0.29, 0.717) is 24.2 Å². The summed E-state index contributed by atoms with van der Waals surface area (Å²) >= 11 is 0. The van der Waals surface area contributed by atoms with Gasteiger partial charge in [0.05, 0.1) is 16.6 Å². The van der Waals surface area contributed by atoms with Crippen LogP contribution in [0.4, 0.5) is 14.5 Å². The number of rotatable bonds is 5. The van der Waals surface area contributed by atoms with Gasteiger partial charge in [-0.3, -0.25) is 4.79 Å². The molecule has 2 unspecified atom stereocenters. The maximum atomic E-state index is 13.6. The van der Waals surface area contributed by atoms with E-state index in [9.17, 15) is 22.0 Å². The van der Waals surface area contributed by atoms with E-state index in [1.807, 2.05) is 0 Å². The van der Waals surface area contributed by atoms with Crippen LogP contribution in [0.5, 0.6) is 0 Å². The van der Waals surface area contributed by atoms with Crippen LogP contribution in [0.3, 0.4) is 0 Å². The molecule has 1 N–H and O–H groups in total. The first-order valence-electron chi connectivity index (χ1n) is 8.35. The van der Waals surface area contributed by atoms with E-state index in [4.69, 9.17) is 4.74 Å². The van der Waals surface area contributed by atoms with Gasteiger partial charge in [0, 0.05) is 18.4 Å². The minimum Gasteiger partial charge on any atom is -0.378 e. The van der Waals surface area contributed by atoms with E-state index in [0.717, 1.165) is 18.4 Å². The third kappa shape index (κ3) is 4.17. The molecule has 2 atom stereocenters. The van der Waals surface area contributed by atoms with Gasteiger partial charge >= 0.3 is 0 Å². The zero-order chi connectivity index (χ0) is 19.8. The number of carbonyl (C=O) groups is 1. The van der Waals surface area contributed by atoms with Crippen LogP contribution in [0.15, 0.2) is 41.3 Å². The number of Topliss-reactive ketones (excluding diaryl/α,β-unsaturated/α-hetero) is 1. The van der Waals surface area contributed by atoms with Gasteiger partial charge in [-0.2, -0.15) is 0 Å². The zero-order valence-corrected chi connectivity index (χ0v) is 15.6. The first-order chi connectivity index (χ1) is 12.7. The second kappa shape index (κ2) is 7.36. The van der Waals surface area contributed by atoms with Crippen LogP contribution in [-0.4, -0.2) is 33.1 Å². The van der Waals surface area contributed by atoms with Gasteiger partial charge in [0.15, 0.2) is 27.3 Å². The van der Waals surface area contributed by atoms with Gasteiger partial charge in [0.2, 0.25) is 0 Å². The zero-order valence-electron chi connectivity index (χ0n) is 14.8. The van der Waals surface area contributed by atoms with Gasteiger partial charge < -0.3 is 10.1 Å². The molecule has 0 aliphatic carbocycles. The lowest BCUT2D eigenvalue weighted by Gasteiger charge is -2.23. The summed E-state index contributed by atoms with van der Waals surface area (Å²) in [6.07, 6.45) is 1.05. The van der Waals surface area contributed by atoms with Crippen LogP contribution >= 0.6 is 0 Å². The highest BCUT2D eigenvalue weighted by molar-refractivity contribution is 7.90. The van der Waals surface area contributed by atoms with Crippen molar-refractivity contribution in [2.75, 3.05) is 18.2 Å². The number of hydrogen-bond acceptors (Lipinski definition) is 5. The maximum absolute atomic E-state index is 13.6. The monoisotopic (exact) mass is 395 g/mol. The lowest BCUT2D eigenvalue weighted by Crippen LogP contribution is -2.24. The summed E-state index contributed by atoms with van der Waals surface area (Å²) in [5.41, 5.74) is 1.11. The van der Waals surface area contributed by atoms with Gasteiger partial charge in [0.25, 0.3) is 0 Å². The normalized spacial score (nSPS) is 19.9. The SMILES string of the molecule is CC(=O)c1ccc(S(C)(=O)=O)c(NC2CCOC2c2ccc(F)c(F)c2)c1. The van der Waals surface area contributed by atoms with Crippen LogP contribution in [0.1, 0.15) is 35.4 Å². The Hall–Kier alpha value is -2.32. The number of anilines is 1. The fourth-order valence-electron chi connectivity index (χ4n) is 3.14. The van der Waals surface area contributed by atoms with Crippen molar-refractivity contribution < 1.29 is 26.7 Å². The number of hydrogen-bond donors (Lipinski definition) is 1. The number of nitrogens with one attached hydrogen (secondary N) is 1. The molecule has 144 valence electrons. The molecule has 0 bridgehead atoms. The Bertz CT molecular complexity index is 991. The summed E-state index contributed by atoms with van der Waals surface area (Å²) in [5, 5.41) is 3.12. The lowest BCUT2D eigenvalue weighted by atomic mass is 10.0. The summed E-state index contributed by atoms with van der Waals surface area (Å²) in [4.78, 5) is 11.7. The molecular weight excluding hydrogens is 376 g/mol. The predicted molar refractivity (Wildman–Crippen MR) is 96.6 cm³/mol. The van der Waals surface area contributed by atoms with Crippen LogP contribution in [0.2, 0.25) is 0 Å². The van der Waals surface area contributed by atoms with E-state index >= 15 is 0 Å². The Morgan fingerprint density at radius 1 is 1.15 bits per heavy atom. The molecule has 1 aliphatic heterocycles. The summed E-state index contributed by atoms with van der Waals surface area (Å²) in [6, 6.07) is 7.51. The van der Waals surface area contributed by atoms with E-state index in [-0.39, 0.29) is 22.4 Å². The van der Waals surface area contributed by atoms with Gasteiger partial charge in [-0.25, -0.2) is 17.2 Å². The quantitative estimate of drug-likeness (QED) is 0.785. The number of benzene rings is 2. The average Bonchev–Trinajstić information content (AvgIpc) is 3.04. The van der Waals surface area contributed by atoms with Crippen LogP contribution in [-0.2, 0) is 14.6 Å². The summed E-state index contributed by atoms with van der Waals surface area (Å²) in [6.45, 7) is 1.77. The van der Waals surface area contributed by atoms with Crippen molar-refractivity contribution in [2.45, 2.75) is 30.4 Å². The van der Waals surface area contributed by atoms with Crippen molar-refractivity contribution in [1.29, 1.82) is 0 Å². The van der Waals surface area contributed by atoms with Crippen molar-refractivity contribution in [3.63, 3.8) is 0 Å². The van der Waals surface area contributed by atoms with Crippen LogP contribution in [0, 0.1) is 11.6 Å². The molecule has 1 heterocycles. The number of halogens is 2. The molecule has 0 saturated carbocycles. The Balaban J connectivity index is 1.96. The molecular formula is C19H19F2NO4S. The molecule has 1 aliphatic rings. The fourth-order valence-corrected chi connectivity index (χ4v) is 3.97. The Morgan fingerprint density at radius 3 is 2.52 bits per heavy atom. The van der Waals surface area contributed by atoms with Gasteiger partial charge in [0.1, 0.15) is 6.10 Å². The highest BCUT2D eigenvalue weighted by Crippen LogP contribution is 2.34. The molecule has 27 heavy (non-hydrogen) atoms. The number of ether oxygens (including phenoxy) is 1. The lowest BCUT2D eigenvalue weighted by molar-refractivity contribution is 0.101. The molecule has 2 aromatic carbocycles. The van der Waals surface area contributed by atoms with E-state index < -0.39 is 27.6 Å². The van der Waals surface area contributed by atoms with Crippen molar-refractivity contribution in [3.05, 3.63) is 59.2 Å². The van der Waals surface area contributed by atoms with Crippen LogP contribution < -0.4 is 5.32 Å². The molecule has 1 fully saturated rings. The molecule has 1 saturated heterocycles. The van der Waals surface area contributed by atoms with Crippen molar-refractivity contribution in [1.82, 2.24) is 0 Å². The number of carbonyl (C=O) groups excluding carboxylic acids is 1. The van der Waals surface area contributed by atoms with E-state index in [1.165, 1.54) is 31.2 Å². The van der Waals surface area contributed by atoms with Gasteiger partial charge in [-0.1, -0.05) is 6.07 Å². The second-order valence-corrected chi connectivity index (χ2v) is 8.53. The van der Waals surface area contributed by atoms with Crippen LogP contribution in [0.25, 0.3) is 0 Å². The smallest absolute Gasteiger partial charge is 0.177 e. The third-order valence-corrected chi connectivity index (χ3v) is 5.65. The molecule has 5 nitrogen and oxygen atoms in total. The molecule has 2 aromatic rings. The first kappa shape index (κ1) is 19.4. The number of ketones is 1. The highest BCUT2D eigenvalue weighted by Gasteiger charge is 2.31. The van der Waals surface area contributed by atoms with E-state index in [1.54, 1.807) is 0 Å². The Morgan fingerprint density at radius 2 is 1.89 bits per heavy atom. The molecule has 0 amide bonds. The van der Waals surface area contributed by atoms with Gasteiger partial charge in [-0.05, 0) is 49.2 Å². The molecule has 0 aromatic heterocycles. The topological polar surface area (TPSA) is 72.5 Å². The van der Waals surface area contributed by atoms with E-state index in [2.05, 4.69) is 5.32 Å². The third-order valence-electron chi connectivity index (χ3n) is 4.49.